The van der Waals surface area contributed by atoms with Crippen molar-refractivity contribution in [2.24, 2.45) is 11.7 Å². The molecule has 0 aliphatic carbocycles. The van der Waals surface area contributed by atoms with Crippen LogP contribution in [0.25, 0.3) is 10.2 Å². The molecule has 3 aliphatic rings. The number of amides is 6. The van der Waals surface area contributed by atoms with Crippen LogP contribution < -0.4 is 26.6 Å². The Balaban J connectivity index is 1.25. The number of nitrogens with one attached hydrogen (secondary N) is 3. The number of imide groups is 1. The average molecular weight is 922 g/mol. The standard InChI is InChI=1S/C53H43N7O7S/c1-31(33-15-5-2-6-16-33)56-52(66)59-40-28-23-32(14-13-29-55-50(54)65)30-38(40)53(49(59)64)42(47(62)58-51-57-39-21-11-12-22-41(39)68-51)44-48(63)67-45(35-19-9-4-10-20-35)43(34-17-7-3-8-18-34)60(44)46(53)36-24-26-37(61)27-25-36/h2-12,15-28,30-31,42-46,61H,29H2,1H3,(H,56,66)(H3,54,55,65)(H,57,58,62). The Morgan fingerprint density at radius 3 is 2.18 bits per heavy atom. The predicted molar refractivity (Wildman–Crippen MR) is 256 cm³/mol. The highest BCUT2D eigenvalue weighted by Crippen LogP contribution is 2.66. The Bertz CT molecular complexity index is 3130. The maximum absolute atomic E-state index is 16.5. The number of thiazole rings is 1. The Kier molecular flexibility index (Phi) is 11.4. The third-order valence-electron chi connectivity index (χ3n) is 12.9. The van der Waals surface area contributed by atoms with Gasteiger partial charge in [0, 0.05) is 5.56 Å². The van der Waals surface area contributed by atoms with E-state index in [1.807, 2.05) is 120 Å². The number of urea groups is 2. The Morgan fingerprint density at radius 2 is 1.49 bits per heavy atom. The van der Waals surface area contributed by atoms with Gasteiger partial charge in [0.2, 0.25) is 11.8 Å². The lowest BCUT2D eigenvalue weighted by atomic mass is 9.65. The summed E-state index contributed by atoms with van der Waals surface area (Å²) >= 11 is 1.23. The summed E-state index contributed by atoms with van der Waals surface area (Å²) in [5.41, 5.74) is 7.30. The molecule has 10 rings (SSSR count). The SMILES string of the molecule is CC(NC(=O)N1C(=O)C2(c3cc(C#CCNC(N)=O)ccc31)C(C(=O)Nc1nc3ccccc3s1)C1C(=O)OC(c3ccccc3)C(c3ccccc3)N1C2c1ccc(O)cc1)c1ccccc1. The van der Waals surface area contributed by atoms with Crippen LogP contribution in [0.3, 0.4) is 0 Å². The summed E-state index contributed by atoms with van der Waals surface area (Å²) in [6.07, 6.45) is -0.942. The van der Waals surface area contributed by atoms with E-state index >= 15 is 19.2 Å². The van der Waals surface area contributed by atoms with Gasteiger partial charge < -0.3 is 31.5 Å². The topological polar surface area (TPSA) is 196 Å². The van der Waals surface area contributed by atoms with Gasteiger partial charge >= 0.3 is 18.0 Å². The maximum Gasteiger partial charge on any atom is 0.329 e. The zero-order valence-corrected chi connectivity index (χ0v) is 37.2. The van der Waals surface area contributed by atoms with Crippen molar-refractivity contribution in [1.82, 2.24) is 20.5 Å². The first-order chi connectivity index (χ1) is 33.0. The highest BCUT2D eigenvalue weighted by molar-refractivity contribution is 7.22. The lowest BCUT2D eigenvalue weighted by Gasteiger charge is -2.46. The molecule has 2 saturated heterocycles. The van der Waals surface area contributed by atoms with Gasteiger partial charge in [-0.2, -0.15) is 0 Å². The largest absolute Gasteiger partial charge is 0.508 e. The van der Waals surface area contributed by atoms with Crippen LogP contribution in [0, 0.1) is 17.8 Å². The number of esters is 1. The second-order valence-corrected chi connectivity index (χ2v) is 17.8. The third kappa shape index (κ3) is 7.55. The lowest BCUT2D eigenvalue weighted by molar-refractivity contribution is -0.177. The summed E-state index contributed by atoms with van der Waals surface area (Å²) < 4.78 is 7.36. The molecule has 7 aromatic rings. The summed E-state index contributed by atoms with van der Waals surface area (Å²) in [5, 5.41) is 19.5. The van der Waals surface area contributed by atoms with E-state index in [2.05, 4.69) is 27.8 Å². The van der Waals surface area contributed by atoms with E-state index in [1.165, 1.54) is 23.5 Å². The second kappa shape index (κ2) is 17.8. The summed E-state index contributed by atoms with van der Waals surface area (Å²) in [4.78, 5) is 82.0. The number of fused-ring (bicyclic) bond motifs is 4. The number of anilines is 2. The van der Waals surface area contributed by atoms with Crippen LogP contribution in [0.4, 0.5) is 20.4 Å². The van der Waals surface area contributed by atoms with Crippen LogP contribution in [-0.2, 0) is 24.5 Å². The monoisotopic (exact) mass is 921 g/mol. The number of hydrogen-bond acceptors (Lipinski definition) is 10. The van der Waals surface area contributed by atoms with E-state index < -0.39 is 71.5 Å². The minimum absolute atomic E-state index is 0.0570. The van der Waals surface area contributed by atoms with Gasteiger partial charge in [-0.25, -0.2) is 19.5 Å². The predicted octanol–water partition coefficient (Wildman–Crippen LogP) is 7.80. The number of cyclic esters (lactones) is 1. The smallest absolute Gasteiger partial charge is 0.329 e. The quantitative estimate of drug-likeness (QED) is 0.0747. The number of hydrogen-bond donors (Lipinski definition) is 5. The third-order valence-corrected chi connectivity index (χ3v) is 13.9. The normalized spacial score (nSPS) is 22.1. The molecule has 7 atom stereocenters. The molecule has 0 saturated carbocycles. The lowest BCUT2D eigenvalue weighted by Crippen LogP contribution is -2.55. The van der Waals surface area contributed by atoms with Gasteiger partial charge in [-0.1, -0.05) is 138 Å². The summed E-state index contributed by atoms with van der Waals surface area (Å²) in [6.45, 7) is 1.71. The van der Waals surface area contributed by atoms with E-state index in [1.54, 1.807) is 37.3 Å². The Morgan fingerprint density at radius 1 is 0.824 bits per heavy atom. The van der Waals surface area contributed by atoms with Gasteiger partial charge in [0.25, 0.3) is 0 Å². The molecule has 15 heteroatoms. The summed E-state index contributed by atoms with van der Waals surface area (Å²) in [7, 11) is 0. The van der Waals surface area contributed by atoms with Crippen molar-refractivity contribution in [2.45, 2.75) is 42.6 Å². The fourth-order valence-electron chi connectivity index (χ4n) is 10.1. The minimum atomic E-state index is -2.09. The van der Waals surface area contributed by atoms with Crippen molar-refractivity contribution in [3.63, 3.8) is 0 Å². The van der Waals surface area contributed by atoms with Crippen LogP contribution in [0.15, 0.2) is 158 Å². The van der Waals surface area contributed by atoms with Crippen molar-refractivity contribution < 1.29 is 33.8 Å². The zero-order chi connectivity index (χ0) is 47.1. The van der Waals surface area contributed by atoms with E-state index in [9.17, 15) is 9.90 Å². The molecule has 0 bridgehead atoms. The molecule has 2 fully saturated rings. The number of aromatic nitrogens is 1. The number of para-hydroxylation sites is 1. The van der Waals surface area contributed by atoms with Crippen molar-refractivity contribution in [1.29, 1.82) is 0 Å². The van der Waals surface area contributed by atoms with Crippen molar-refractivity contribution >= 4 is 62.2 Å². The van der Waals surface area contributed by atoms with Crippen molar-refractivity contribution in [2.75, 3.05) is 16.8 Å². The number of nitrogens with two attached hydrogens (primary N) is 1. The van der Waals surface area contributed by atoms with E-state index in [4.69, 9.17) is 15.5 Å². The van der Waals surface area contributed by atoms with Gasteiger partial charge in [0.15, 0.2) is 5.13 Å². The number of carbonyl (C=O) groups is 5. The number of carbonyl (C=O) groups excluding carboxylic acids is 5. The molecule has 6 aromatic carbocycles. The number of nitrogens with zero attached hydrogens (tertiary/aromatic N) is 3. The highest BCUT2D eigenvalue weighted by atomic mass is 32.1. The second-order valence-electron chi connectivity index (χ2n) is 16.8. The molecule has 3 aliphatic heterocycles. The number of phenolic OH excluding ortho intramolecular Hbond substituents is 1. The Hall–Kier alpha value is -8.32. The number of rotatable bonds is 8. The van der Waals surface area contributed by atoms with Gasteiger partial charge in [-0.15, -0.1) is 0 Å². The highest BCUT2D eigenvalue weighted by Gasteiger charge is 2.75. The van der Waals surface area contributed by atoms with E-state index in [0.29, 0.717) is 22.2 Å². The summed E-state index contributed by atoms with van der Waals surface area (Å²) in [6, 6.07) is 41.0. The van der Waals surface area contributed by atoms with Crippen LogP contribution in [0.2, 0.25) is 0 Å². The van der Waals surface area contributed by atoms with E-state index in [0.717, 1.165) is 20.7 Å². The molecule has 6 N–H and O–H groups in total. The molecule has 338 valence electrons. The first kappa shape index (κ1) is 43.6. The average Bonchev–Trinajstić information content (AvgIpc) is 3.99. The summed E-state index contributed by atoms with van der Waals surface area (Å²) in [5.74, 6) is 2.02. The van der Waals surface area contributed by atoms with Crippen LogP contribution in [0.5, 0.6) is 5.75 Å². The van der Waals surface area contributed by atoms with Crippen LogP contribution in [-0.4, -0.2) is 57.4 Å². The van der Waals surface area contributed by atoms with Gasteiger partial charge in [-0.05, 0) is 77.2 Å². The van der Waals surface area contributed by atoms with Gasteiger partial charge in [0.1, 0.15) is 23.3 Å². The molecular weight excluding hydrogens is 879 g/mol. The van der Waals surface area contributed by atoms with Gasteiger partial charge in [-0.3, -0.25) is 19.3 Å². The fourth-order valence-corrected chi connectivity index (χ4v) is 11.0. The molecule has 4 heterocycles. The fraction of sp³-hybridized carbons (Fsp3) is 0.170. The van der Waals surface area contributed by atoms with Crippen molar-refractivity contribution in [3.8, 4) is 17.6 Å². The van der Waals surface area contributed by atoms with Crippen LogP contribution >= 0.6 is 11.3 Å². The molecule has 14 nitrogen and oxygen atoms in total. The Labute approximate surface area is 394 Å². The molecule has 0 radical (unpaired) electrons. The maximum atomic E-state index is 16.5. The molecule has 6 amide bonds. The first-order valence-electron chi connectivity index (χ1n) is 21.9. The first-order valence-corrected chi connectivity index (χ1v) is 22.8. The molecular formula is C53H43N7O7S. The minimum Gasteiger partial charge on any atom is -0.508 e. The number of phenols is 1. The molecule has 1 aromatic heterocycles. The van der Waals surface area contributed by atoms with Crippen LogP contribution in [0.1, 0.15) is 64.5 Å². The molecule has 68 heavy (non-hydrogen) atoms. The van der Waals surface area contributed by atoms with Gasteiger partial charge in [0.05, 0.1) is 46.5 Å². The zero-order valence-electron chi connectivity index (χ0n) is 36.4. The molecule has 7 unspecified atom stereocenters. The molecule has 1 spiro atoms. The number of aromatic hydroxyl groups is 1. The van der Waals surface area contributed by atoms with Crippen molar-refractivity contribution in [3.05, 3.63) is 191 Å². The number of benzene rings is 6. The number of ether oxygens (including phenoxy) is 1. The van der Waals surface area contributed by atoms with E-state index in [-0.39, 0.29) is 28.7 Å². The number of primary amides is 1. The number of morpholine rings is 1.